The predicted octanol–water partition coefficient (Wildman–Crippen LogP) is 1.51. The molecule has 0 aliphatic carbocycles. The van der Waals surface area contributed by atoms with E-state index in [4.69, 9.17) is 14.2 Å². The van der Waals surface area contributed by atoms with Crippen LogP contribution in [0.15, 0.2) is 47.8 Å². The van der Waals surface area contributed by atoms with Gasteiger partial charge in [-0.25, -0.2) is 9.78 Å². The summed E-state index contributed by atoms with van der Waals surface area (Å²) < 4.78 is 20.4. The monoisotopic (exact) mass is 418 g/mol. The number of fused-ring (bicyclic) bond motifs is 3. The molecule has 1 fully saturated rings. The van der Waals surface area contributed by atoms with E-state index >= 15 is 0 Å². The molecule has 1 saturated heterocycles. The Morgan fingerprint density at radius 2 is 2.23 bits per heavy atom. The highest BCUT2D eigenvalue weighted by Crippen LogP contribution is 2.30. The molecule has 0 saturated carbocycles. The second-order valence-electron chi connectivity index (χ2n) is 7.45. The zero-order valence-electron chi connectivity index (χ0n) is 17.0. The van der Waals surface area contributed by atoms with E-state index in [1.807, 2.05) is 29.0 Å². The van der Waals surface area contributed by atoms with Gasteiger partial charge in [0.05, 0.1) is 38.4 Å². The average Bonchev–Trinajstić information content (AvgIpc) is 3.32. The van der Waals surface area contributed by atoms with Crippen LogP contribution >= 0.6 is 0 Å². The molecule has 2 aliphatic heterocycles. The van der Waals surface area contributed by atoms with E-state index in [0.717, 1.165) is 28.8 Å². The quantitative estimate of drug-likeness (QED) is 0.598. The third-order valence-electron chi connectivity index (χ3n) is 5.33. The molecule has 5 rings (SSSR count). The smallest absolute Gasteiger partial charge is 0.351 e. The van der Waals surface area contributed by atoms with Crippen molar-refractivity contribution < 1.29 is 14.2 Å². The summed E-state index contributed by atoms with van der Waals surface area (Å²) >= 11 is 0. The zero-order valence-corrected chi connectivity index (χ0v) is 17.0. The Hall–Kier alpha value is -3.41. The van der Waals surface area contributed by atoms with Crippen molar-refractivity contribution in [3.05, 3.63) is 64.6 Å². The molecule has 0 amide bonds. The van der Waals surface area contributed by atoms with Crippen LogP contribution in [0.3, 0.4) is 0 Å². The summed E-state index contributed by atoms with van der Waals surface area (Å²) in [6, 6.07) is 7.92. The maximum Gasteiger partial charge on any atom is 0.351 e. The minimum absolute atomic E-state index is 0.148. The van der Waals surface area contributed by atoms with Crippen LogP contribution in [-0.2, 0) is 29.0 Å². The molecule has 0 N–H and O–H groups in total. The summed E-state index contributed by atoms with van der Waals surface area (Å²) in [6.07, 6.45) is 5.98. The van der Waals surface area contributed by atoms with E-state index in [1.165, 1.54) is 0 Å². The molecule has 1 unspecified atom stereocenters. The highest BCUT2D eigenvalue weighted by molar-refractivity contribution is 5.67. The Labute approximate surface area is 179 Å². The third-order valence-corrected chi connectivity index (χ3v) is 5.33. The van der Waals surface area contributed by atoms with E-state index < -0.39 is 0 Å². The van der Waals surface area contributed by atoms with Crippen molar-refractivity contribution in [2.24, 2.45) is 0 Å². The van der Waals surface area contributed by atoms with Crippen molar-refractivity contribution >= 4 is 0 Å². The molecule has 8 heteroatoms. The predicted molar refractivity (Wildman–Crippen MR) is 113 cm³/mol. The molecule has 8 nitrogen and oxygen atoms in total. The van der Waals surface area contributed by atoms with Crippen LogP contribution in [0.1, 0.15) is 11.1 Å². The van der Waals surface area contributed by atoms with Gasteiger partial charge in [0.1, 0.15) is 12.7 Å². The summed E-state index contributed by atoms with van der Waals surface area (Å²) in [5.74, 6) is 6.68. The van der Waals surface area contributed by atoms with Crippen LogP contribution in [0.25, 0.3) is 11.3 Å². The van der Waals surface area contributed by atoms with Crippen LogP contribution < -0.4 is 10.4 Å². The fourth-order valence-corrected chi connectivity index (χ4v) is 3.78. The normalized spacial score (nSPS) is 17.2. The van der Waals surface area contributed by atoms with Gasteiger partial charge in [-0.2, -0.15) is 4.98 Å². The lowest BCUT2D eigenvalue weighted by Gasteiger charge is -2.24. The number of ether oxygens (including phenoxy) is 3. The van der Waals surface area contributed by atoms with Crippen LogP contribution in [0.2, 0.25) is 0 Å². The molecule has 0 spiro atoms. The van der Waals surface area contributed by atoms with E-state index in [0.29, 0.717) is 45.4 Å². The maximum atomic E-state index is 12.6. The molecule has 3 aromatic rings. The molecule has 158 valence electrons. The Kier molecular flexibility index (Phi) is 5.52. The van der Waals surface area contributed by atoms with Crippen LogP contribution in [0.4, 0.5) is 0 Å². The third kappa shape index (κ3) is 4.38. The molecule has 0 bridgehead atoms. The summed E-state index contributed by atoms with van der Waals surface area (Å²) in [6.45, 7) is 3.11. The van der Waals surface area contributed by atoms with Gasteiger partial charge < -0.3 is 18.8 Å². The lowest BCUT2D eigenvalue weighted by molar-refractivity contribution is -0.102. The molecule has 1 atom stereocenters. The highest BCUT2D eigenvalue weighted by atomic mass is 16.6. The van der Waals surface area contributed by atoms with Crippen LogP contribution in [0.5, 0.6) is 5.88 Å². The number of nitrogens with zero attached hydrogens (tertiary/aromatic N) is 4. The van der Waals surface area contributed by atoms with Crippen molar-refractivity contribution in [3.63, 3.8) is 0 Å². The Morgan fingerprint density at radius 3 is 3.06 bits per heavy atom. The number of hydrogen-bond acceptors (Lipinski definition) is 6. The second kappa shape index (κ2) is 8.76. The Morgan fingerprint density at radius 1 is 1.26 bits per heavy atom. The molecule has 31 heavy (non-hydrogen) atoms. The van der Waals surface area contributed by atoms with Crippen molar-refractivity contribution in [1.82, 2.24) is 19.1 Å². The zero-order chi connectivity index (χ0) is 21.0. The van der Waals surface area contributed by atoms with Gasteiger partial charge in [-0.05, 0) is 24.1 Å². The number of hydrogen-bond donors (Lipinski definition) is 0. The Bertz CT molecular complexity index is 1180. The van der Waals surface area contributed by atoms with Gasteiger partial charge in [0.15, 0.2) is 0 Å². The first kappa shape index (κ1) is 19.5. The largest absolute Gasteiger partial charge is 0.475 e. The van der Waals surface area contributed by atoms with Gasteiger partial charge in [-0.1, -0.05) is 17.9 Å². The fraction of sp³-hybridized carbons (Fsp3) is 0.348. The van der Waals surface area contributed by atoms with Crippen LogP contribution in [0, 0.1) is 11.8 Å². The van der Waals surface area contributed by atoms with Crippen LogP contribution in [-0.4, -0.2) is 51.6 Å². The average molecular weight is 418 g/mol. The molecule has 2 aliphatic rings. The van der Waals surface area contributed by atoms with Crippen molar-refractivity contribution in [3.8, 4) is 29.0 Å². The molecular formula is C23H22N4O4. The molecular weight excluding hydrogens is 396 g/mol. The SMILES string of the molecule is O=c1nc(OCC2COCCO2)cc2n1CCc1cc(C#CCn3ccnc3)ccc1-2. The first-order chi connectivity index (χ1) is 15.3. The Balaban J connectivity index is 1.36. The van der Waals surface area contributed by atoms with E-state index in [-0.39, 0.29) is 11.8 Å². The summed E-state index contributed by atoms with van der Waals surface area (Å²) in [4.78, 5) is 20.7. The fourth-order valence-electron chi connectivity index (χ4n) is 3.78. The van der Waals surface area contributed by atoms with Gasteiger partial charge in [0.25, 0.3) is 0 Å². The highest BCUT2D eigenvalue weighted by Gasteiger charge is 2.20. The first-order valence-electron chi connectivity index (χ1n) is 10.3. The first-order valence-corrected chi connectivity index (χ1v) is 10.3. The van der Waals surface area contributed by atoms with E-state index in [2.05, 4.69) is 27.9 Å². The number of rotatable bonds is 4. The lowest BCUT2D eigenvalue weighted by Crippen LogP contribution is -2.34. The van der Waals surface area contributed by atoms with Crippen molar-refractivity contribution in [2.45, 2.75) is 25.6 Å². The summed E-state index contributed by atoms with van der Waals surface area (Å²) in [5.41, 5.74) is 3.63. The molecule has 2 aromatic heterocycles. The molecule has 4 heterocycles. The summed E-state index contributed by atoms with van der Waals surface area (Å²) in [5, 5.41) is 0. The van der Waals surface area contributed by atoms with Gasteiger partial charge >= 0.3 is 5.69 Å². The minimum atomic E-state index is -0.303. The standard InChI is InChI=1S/C23H22N4O4/c28-23-25-22(31-15-19-14-29-10-11-30-19)13-21-20-4-3-17(12-18(20)5-8-27(21)23)2-1-7-26-9-6-24-16-26/h3-4,6,9,12-13,16,19H,5,7-8,10-11,14-15H2. The topological polar surface area (TPSA) is 80.4 Å². The van der Waals surface area contributed by atoms with Crippen molar-refractivity contribution in [1.29, 1.82) is 0 Å². The second-order valence-corrected chi connectivity index (χ2v) is 7.45. The lowest BCUT2D eigenvalue weighted by atomic mass is 9.95. The number of benzene rings is 1. The number of aromatic nitrogens is 4. The maximum absolute atomic E-state index is 12.6. The van der Waals surface area contributed by atoms with Gasteiger partial charge in [-0.15, -0.1) is 0 Å². The van der Waals surface area contributed by atoms with Gasteiger partial charge in [0.2, 0.25) is 5.88 Å². The number of imidazole rings is 1. The van der Waals surface area contributed by atoms with Crippen molar-refractivity contribution in [2.75, 3.05) is 26.4 Å². The number of aryl methyl sites for hydroxylation is 1. The molecule has 0 radical (unpaired) electrons. The van der Waals surface area contributed by atoms with E-state index in [1.54, 1.807) is 17.1 Å². The molecule has 1 aromatic carbocycles. The van der Waals surface area contributed by atoms with Gasteiger partial charge in [0, 0.05) is 36.1 Å². The van der Waals surface area contributed by atoms with E-state index in [9.17, 15) is 4.79 Å². The van der Waals surface area contributed by atoms with Gasteiger partial charge in [-0.3, -0.25) is 4.57 Å². The summed E-state index contributed by atoms with van der Waals surface area (Å²) in [7, 11) is 0. The minimum Gasteiger partial charge on any atom is -0.475 e.